The second kappa shape index (κ2) is 7.53. The number of nitrogens with zero attached hydrogens (tertiary/aromatic N) is 1. The Labute approximate surface area is 151 Å². The maximum atomic E-state index is 12.6. The number of aromatic nitrogens is 1. The molecule has 0 spiro atoms. The molecule has 10 heteroatoms. The number of halogens is 4. The maximum Gasteiger partial charge on any atom is 0.536 e. The molecule has 2 rings (SSSR count). The highest BCUT2D eigenvalue weighted by Gasteiger charge is 2.49. The highest BCUT2D eigenvalue weighted by atomic mass is 79.9. The molecule has 0 radical (unpaired) electrons. The summed E-state index contributed by atoms with van der Waals surface area (Å²) in [5.74, 6) is 0.237. The first-order valence-electron chi connectivity index (χ1n) is 7.64. The Kier molecular flexibility index (Phi) is 6.03. The van der Waals surface area contributed by atoms with E-state index in [1.807, 2.05) is 0 Å². The van der Waals surface area contributed by atoms with Gasteiger partial charge in [0.25, 0.3) is 5.56 Å². The fraction of sp³-hybridized carbons (Fsp3) is 0.533. The van der Waals surface area contributed by atoms with Crippen LogP contribution in [0.4, 0.5) is 13.2 Å². The molecule has 1 fully saturated rings. The largest absolute Gasteiger partial charge is 0.536 e. The van der Waals surface area contributed by atoms with Crippen molar-refractivity contribution >= 4 is 32.1 Å². The number of pyridine rings is 1. The molecule has 5 nitrogen and oxygen atoms in total. The third kappa shape index (κ3) is 4.66. The van der Waals surface area contributed by atoms with Crippen molar-refractivity contribution in [2.24, 2.45) is 5.92 Å². The smallest absolute Gasteiger partial charge is 0.277 e. The van der Waals surface area contributed by atoms with Gasteiger partial charge >= 0.3 is 15.6 Å². The fourth-order valence-corrected chi connectivity index (χ4v) is 3.32. The summed E-state index contributed by atoms with van der Waals surface area (Å²) in [7, 11) is -5.96. The molecule has 1 saturated carbocycles. The van der Waals surface area contributed by atoms with E-state index < -0.39 is 21.2 Å². The molecular weight excluding hydrogens is 427 g/mol. The van der Waals surface area contributed by atoms with Gasteiger partial charge in [-0.15, -0.1) is 4.73 Å². The van der Waals surface area contributed by atoms with Crippen LogP contribution < -0.4 is 9.84 Å². The van der Waals surface area contributed by atoms with E-state index >= 15 is 0 Å². The second-order valence-electron chi connectivity index (χ2n) is 5.90. The van der Waals surface area contributed by atoms with Crippen LogP contribution in [0, 0.1) is 12.8 Å². The number of allylic oxidation sites excluding steroid dienone is 1. The second-order valence-corrected chi connectivity index (χ2v) is 8.21. The molecular formula is C15H17BrF3NO4S. The average Bonchev–Trinajstić information content (AvgIpc) is 2.54. The topological polar surface area (TPSA) is 65.4 Å². The van der Waals surface area contributed by atoms with Gasteiger partial charge in [-0.1, -0.05) is 25.3 Å². The van der Waals surface area contributed by atoms with Crippen LogP contribution in [0.3, 0.4) is 0 Å². The first-order chi connectivity index (χ1) is 11.5. The van der Waals surface area contributed by atoms with Gasteiger partial charge in [0.05, 0.1) is 10.2 Å². The van der Waals surface area contributed by atoms with E-state index in [1.165, 1.54) is 12.1 Å². The van der Waals surface area contributed by atoms with Crippen LogP contribution in [0.1, 0.15) is 43.4 Å². The fourth-order valence-electron chi connectivity index (χ4n) is 2.61. The van der Waals surface area contributed by atoms with Gasteiger partial charge in [-0.25, -0.2) is 0 Å². The van der Waals surface area contributed by atoms with Gasteiger partial charge < -0.3 is 0 Å². The van der Waals surface area contributed by atoms with Crippen LogP contribution in [-0.2, 0) is 10.1 Å². The highest BCUT2D eigenvalue weighted by molar-refractivity contribution is 9.10. The van der Waals surface area contributed by atoms with Crippen molar-refractivity contribution in [1.29, 1.82) is 0 Å². The molecule has 1 aliphatic carbocycles. The third-order valence-electron chi connectivity index (χ3n) is 3.96. The summed E-state index contributed by atoms with van der Waals surface area (Å²) in [6, 6.07) is 1.39. The molecule has 0 atom stereocenters. The van der Waals surface area contributed by atoms with Gasteiger partial charge in [-0.3, -0.25) is 9.08 Å². The lowest BCUT2D eigenvalue weighted by Crippen LogP contribution is -2.39. The van der Waals surface area contributed by atoms with E-state index in [0.29, 0.717) is 5.56 Å². The molecule has 25 heavy (non-hydrogen) atoms. The van der Waals surface area contributed by atoms with Crippen LogP contribution in [-0.4, -0.2) is 18.7 Å². The van der Waals surface area contributed by atoms with E-state index in [9.17, 15) is 26.4 Å². The van der Waals surface area contributed by atoms with Crippen LogP contribution in [0.2, 0.25) is 0 Å². The normalized spacial score (nSPS) is 17.2. The minimum absolute atomic E-state index is 0.0656. The number of aryl methyl sites for hydroxylation is 1. The van der Waals surface area contributed by atoms with Gasteiger partial charge in [0.2, 0.25) is 0 Å². The first-order valence-corrected chi connectivity index (χ1v) is 9.84. The average molecular weight is 444 g/mol. The van der Waals surface area contributed by atoms with Crippen LogP contribution in [0.15, 0.2) is 21.4 Å². The van der Waals surface area contributed by atoms with Crippen molar-refractivity contribution in [1.82, 2.24) is 4.73 Å². The van der Waals surface area contributed by atoms with Crippen molar-refractivity contribution in [2.75, 3.05) is 0 Å². The number of hydrogen-bond donors (Lipinski definition) is 0. The van der Waals surface area contributed by atoms with E-state index in [2.05, 4.69) is 20.2 Å². The van der Waals surface area contributed by atoms with Gasteiger partial charge in [-0.05, 0) is 59.3 Å². The molecule has 0 N–H and O–H groups in total. The Bertz CT molecular complexity index is 824. The summed E-state index contributed by atoms with van der Waals surface area (Å²) < 4.78 is 64.5. The number of hydrogen-bond acceptors (Lipinski definition) is 4. The maximum absolute atomic E-state index is 12.6. The van der Waals surface area contributed by atoms with Gasteiger partial charge in [0, 0.05) is 0 Å². The Balaban J connectivity index is 2.45. The van der Waals surface area contributed by atoms with E-state index in [1.54, 1.807) is 13.0 Å². The van der Waals surface area contributed by atoms with Crippen molar-refractivity contribution in [3.8, 4) is 0 Å². The van der Waals surface area contributed by atoms with Crippen molar-refractivity contribution in [3.05, 3.63) is 38.2 Å². The van der Waals surface area contributed by atoms with Crippen LogP contribution in [0.5, 0.6) is 0 Å². The summed E-state index contributed by atoms with van der Waals surface area (Å²) in [5.41, 5.74) is -6.26. The molecule has 0 bridgehead atoms. The van der Waals surface area contributed by atoms with E-state index in [-0.39, 0.29) is 20.8 Å². The van der Waals surface area contributed by atoms with E-state index in [0.717, 1.165) is 32.1 Å². The first kappa shape index (κ1) is 20.0. The summed E-state index contributed by atoms with van der Waals surface area (Å²) in [6.45, 7) is 1.58. The quantitative estimate of drug-likeness (QED) is 0.663. The molecule has 1 aliphatic rings. The van der Waals surface area contributed by atoms with Gasteiger partial charge in [-0.2, -0.15) is 21.6 Å². The Morgan fingerprint density at radius 1 is 1.28 bits per heavy atom. The minimum atomic E-state index is -5.96. The zero-order valence-corrected chi connectivity index (χ0v) is 15.7. The Morgan fingerprint density at radius 3 is 2.44 bits per heavy atom. The molecule has 0 amide bonds. The number of rotatable bonds is 4. The van der Waals surface area contributed by atoms with Crippen LogP contribution in [0.25, 0.3) is 6.08 Å². The van der Waals surface area contributed by atoms with Gasteiger partial charge in [0.1, 0.15) is 0 Å². The molecule has 0 saturated heterocycles. The van der Waals surface area contributed by atoms with Crippen molar-refractivity contribution in [2.45, 2.75) is 44.5 Å². The predicted molar refractivity (Wildman–Crippen MR) is 90.3 cm³/mol. The molecule has 140 valence electrons. The summed E-state index contributed by atoms with van der Waals surface area (Å²) >= 11 is 2.94. The lowest BCUT2D eigenvalue weighted by molar-refractivity contribution is -0.0550. The van der Waals surface area contributed by atoms with E-state index in [4.69, 9.17) is 0 Å². The zero-order chi connectivity index (χ0) is 18.8. The SMILES string of the molecule is Cc1cc(/C=C/C2CCCCC2)n(OS(=O)(=O)C(F)(F)F)c(=O)c1Br. The summed E-state index contributed by atoms with van der Waals surface area (Å²) in [6.07, 6.45) is 8.35. The Hall–Kier alpha value is -1.29. The molecule has 0 unspecified atom stereocenters. The highest BCUT2D eigenvalue weighted by Crippen LogP contribution is 2.26. The summed E-state index contributed by atoms with van der Waals surface area (Å²) in [5, 5.41) is 0. The van der Waals surface area contributed by atoms with Gasteiger partial charge in [0.15, 0.2) is 0 Å². The Morgan fingerprint density at radius 2 is 1.88 bits per heavy atom. The monoisotopic (exact) mass is 443 g/mol. The van der Waals surface area contributed by atoms with Crippen LogP contribution >= 0.6 is 15.9 Å². The third-order valence-corrected chi connectivity index (χ3v) is 5.84. The molecule has 0 aromatic carbocycles. The van der Waals surface area contributed by atoms with Crippen molar-refractivity contribution in [3.63, 3.8) is 0 Å². The lowest BCUT2D eigenvalue weighted by Gasteiger charge is -2.18. The number of alkyl halides is 3. The predicted octanol–water partition coefficient (Wildman–Crippen LogP) is 3.79. The molecule has 0 aliphatic heterocycles. The lowest BCUT2D eigenvalue weighted by atomic mass is 9.89. The zero-order valence-electron chi connectivity index (χ0n) is 13.3. The molecule has 1 aromatic heterocycles. The molecule has 1 heterocycles. The minimum Gasteiger partial charge on any atom is -0.277 e. The molecule has 1 aromatic rings. The standard InChI is InChI=1S/C15H17BrF3NO4S/c1-10-9-12(8-7-11-5-3-2-4-6-11)20(14(21)13(10)16)24-25(22,23)15(17,18)19/h7-9,11H,2-6H2,1H3/b8-7+. The summed E-state index contributed by atoms with van der Waals surface area (Å²) in [4.78, 5) is 12.2. The van der Waals surface area contributed by atoms with Crippen molar-refractivity contribution < 1.29 is 25.9 Å².